The number of nitrogens with one attached hydrogen (secondary N) is 2. The van der Waals surface area contributed by atoms with Crippen molar-refractivity contribution in [2.24, 2.45) is 0 Å². The molecule has 3 aromatic rings. The van der Waals surface area contributed by atoms with Gasteiger partial charge in [-0.05, 0) is 94.5 Å². The van der Waals surface area contributed by atoms with Gasteiger partial charge in [-0.25, -0.2) is 9.37 Å². The number of hydrogen-bond donors (Lipinski definition) is 3. The number of ether oxygens (including phenoxy) is 3. The van der Waals surface area contributed by atoms with Crippen LogP contribution in [0.15, 0.2) is 48.5 Å². The molecule has 2 heterocycles. The Bertz CT molecular complexity index is 1550. The second kappa shape index (κ2) is 11.1. The highest BCUT2D eigenvalue weighted by atomic mass is 19.1. The van der Waals surface area contributed by atoms with Gasteiger partial charge in [0, 0.05) is 22.7 Å². The number of methoxy groups -OCH3 is 1. The van der Waals surface area contributed by atoms with Gasteiger partial charge in [0.05, 0.1) is 25.5 Å². The van der Waals surface area contributed by atoms with E-state index in [9.17, 15) is 19.1 Å². The van der Waals surface area contributed by atoms with Gasteiger partial charge < -0.3 is 30.0 Å². The van der Waals surface area contributed by atoms with Crippen LogP contribution in [-0.2, 0) is 15.8 Å². The molecule has 226 valence electrons. The summed E-state index contributed by atoms with van der Waals surface area (Å²) in [4.78, 5) is 31.4. The maximum Gasteiger partial charge on any atom is 0.251 e. The first-order valence-electron chi connectivity index (χ1n) is 14.7. The average molecular weight is 590 g/mol. The highest BCUT2D eigenvalue weighted by Gasteiger charge is 2.47. The van der Waals surface area contributed by atoms with Crippen molar-refractivity contribution in [3.05, 3.63) is 71.2 Å². The highest BCUT2D eigenvalue weighted by Crippen LogP contribution is 2.46. The molecule has 1 aliphatic heterocycles. The van der Waals surface area contributed by atoms with Crippen molar-refractivity contribution in [2.75, 3.05) is 20.3 Å². The van der Waals surface area contributed by atoms with E-state index in [-0.39, 0.29) is 36.9 Å². The number of pyridine rings is 1. The van der Waals surface area contributed by atoms with Crippen LogP contribution in [0, 0.1) is 5.82 Å². The van der Waals surface area contributed by atoms with Gasteiger partial charge in [0.1, 0.15) is 34.9 Å². The summed E-state index contributed by atoms with van der Waals surface area (Å²) in [5.74, 6) is 0.479. The number of rotatable bonds is 10. The van der Waals surface area contributed by atoms with E-state index in [1.807, 2.05) is 6.92 Å². The lowest BCUT2D eigenvalue weighted by Gasteiger charge is -2.31. The summed E-state index contributed by atoms with van der Waals surface area (Å²) in [5, 5.41) is 17.6. The Morgan fingerprint density at radius 3 is 2.51 bits per heavy atom. The molecule has 2 saturated carbocycles. The molecule has 0 unspecified atom stereocenters. The van der Waals surface area contributed by atoms with Gasteiger partial charge in [-0.3, -0.25) is 9.59 Å². The SMILES string of the molecule is COc1cc(C(=O)NC[C@](C)(O)c2cc3c(c(-c4ccc(F)cc4)n2)OC[C@]3(C)C(=O)NC2CCC2)ccc1OC1CC1. The molecule has 43 heavy (non-hydrogen) atoms. The Morgan fingerprint density at radius 2 is 1.86 bits per heavy atom. The van der Waals surface area contributed by atoms with Gasteiger partial charge in [-0.2, -0.15) is 0 Å². The molecule has 2 aromatic carbocycles. The molecule has 0 saturated heterocycles. The number of aromatic nitrogens is 1. The summed E-state index contributed by atoms with van der Waals surface area (Å²) in [6.07, 6.45) is 5.13. The first-order chi connectivity index (χ1) is 20.6. The standard InChI is InChI=1S/C33H36FN3O6/c1-32(31(39)36-22-5-4-6-22)18-42-29-24(32)16-27(37-28(29)19-7-10-21(34)11-8-19)33(2,40)17-35-30(38)20-9-14-25(26(15-20)41-3)43-23-12-13-23/h7-11,14-16,22-23,40H,4-6,12-13,17-18H2,1-3H3,(H,35,38)(H,36,39)/t32-,33-/m0/s1. The van der Waals surface area contributed by atoms with Crippen LogP contribution in [-0.4, -0.2) is 54.3 Å². The van der Waals surface area contributed by atoms with E-state index in [2.05, 4.69) is 10.6 Å². The molecule has 0 radical (unpaired) electrons. The summed E-state index contributed by atoms with van der Waals surface area (Å²) in [7, 11) is 1.52. The Kier molecular flexibility index (Phi) is 7.50. The minimum atomic E-state index is -1.63. The molecular weight excluding hydrogens is 553 g/mol. The Labute approximate surface area is 249 Å². The molecule has 10 heteroatoms. The number of nitrogens with zero attached hydrogens (tertiary/aromatic N) is 1. The number of benzene rings is 2. The number of hydrogen-bond acceptors (Lipinski definition) is 7. The molecule has 6 rings (SSSR count). The van der Waals surface area contributed by atoms with Crippen LogP contribution in [0.2, 0.25) is 0 Å². The topological polar surface area (TPSA) is 119 Å². The van der Waals surface area contributed by atoms with Gasteiger partial charge in [-0.1, -0.05) is 0 Å². The Morgan fingerprint density at radius 1 is 1.12 bits per heavy atom. The molecule has 1 aromatic heterocycles. The maximum atomic E-state index is 13.8. The zero-order valence-electron chi connectivity index (χ0n) is 24.5. The molecule has 2 atom stereocenters. The van der Waals surface area contributed by atoms with Crippen LogP contribution in [0.3, 0.4) is 0 Å². The van der Waals surface area contributed by atoms with E-state index >= 15 is 0 Å². The van der Waals surface area contributed by atoms with E-state index in [1.54, 1.807) is 43.3 Å². The smallest absolute Gasteiger partial charge is 0.251 e. The first kappa shape index (κ1) is 28.9. The minimum absolute atomic E-state index is 0.0986. The fourth-order valence-electron chi connectivity index (χ4n) is 5.26. The summed E-state index contributed by atoms with van der Waals surface area (Å²) >= 11 is 0. The quantitative estimate of drug-likeness (QED) is 0.321. The van der Waals surface area contributed by atoms with E-state index in [0.29, 0.717) is 39.6 Å². The molecule has 2 aliphatic carbocycles. The van der Waals surface area contributed by atoms with Crippen molar-refractivity contribution < 1.29 is 33.3 Å². The van der Waals surface area contributed by atoms with Crippen molar-refractivity contribution >= 4 is 11.8 Å². The van der Waals surface area contributed by atoms with Crippen LogP contribution in [0.1, 0.15) is 67.6 Å². The van der Waals surface area contributed by atoms with Crippen molar-refractivity contribution in [1.82, 2.24) is 15.6 Å². The normalized spacial score (nSPS) is 20.7. The molecule has 0 bridgehead atoms. The van der Waals surface area contributed by atoms with Crippen molar-refractivity contribution in [3.8, 4) is 28.5 Å². The van der Waals surface area contributed by atoms with Crippen molar-refractivity contribution in [2.45, 2.75) is 69.1 Å². The molecule has 3 aliphatic rings. The van der Waals surface area contributed by atoms with Gasteiger partial charge >= 0.3 is 0 Å². The van der Waals surface area contributed by atoms with Gasteiger partial charge in [0.2, 0.25) is 5.91 Å². The van der Waals surface area contributed by atoms with Crippen LogP contribution in [0.4, 0.5) is 4.39 Å². The van der Waals surface area contributed by atoms with Crippen LogP contribution in [0.25, 0.3) is 11.3 Å². The maximum absolute atomic E-state index is 13.8. The molecule has 2 amide bonds. The Hall–Kier alpha value is -4.18. The third kappa shape index (κ3) is 5.76. The molecule has 2 fully saturated rings. The monoisotopic (exact) mass is 589 g/mol. The predicted octanol–water partition coefficient (Wildman–Crippen LogP) is 4.39. The van der Waals surface area contributed by atoms with E-state index in [0.717, 1.165) is 32.1 Å². The highest BCUT2D eigenvalue weighted by molar-refractivity contribution is 5.95. The number of aliphatic hydroxyl groups is 1. The fraction of sp³-hybridized carbons (Fsp3) is 0.424. The van der Waals surface area contributed by atoms with Gasteiger partial charge in [0.15, 0.2) is 11.5 Å². The van der Waals surface area contributed by atoms with E-state index in [4.69, 9.17) is 19.2 Å². The van der Waals surface area contributed by atoms with Crippen LogP contribution < -0.4 is 24.8 Å². The summed E-state index contributed by atoms with van der Waals surface area (Å²) in [6, 6.07) is 12.6. The van der Waals surface area contributed by atoms with Gasteiger partial charge in [0.25, 0.3) is 5.91 Å². The molecule has 9 nitrogen and oxygen atoms in total. The zero-order chi connectivity index (χ0) is 30.4. The molecular formula is C33H36FN3O6. The number of fused-ring (bicyclic) bond motifs is 1. The third-order valence-electron chi connectivity index (χ3n) is 8.52. The second-order valence-electron chi connectivity index (χ2n) is 12.1. The second-order valence-corrected chi connectivity index (χ2v) is 12.1. The number of carbonyl (C=O) groups is 2. The number of amides is 2. The van der Waals surface area contributed by atoms with Crippen LogP contribution in [0.5, 0.6) is 17.2 Å². The number of carbonyl (C=O) groups excluding carboxylic acids is 2. The fourth-order valence-corrected chi connectivity index (χ4v) is 5.26. The lowest BCUT2D eigenvalue weighted by molar-refractivity contribution is -0.127. The largest absolute Gasteiger partial charge is 0.493 e. The summed E-state index contributed by atoms with van der Waals surface area (Å²) < 4.78 is 31.1. The van der Waals surface area contributed by atoms with Gasteiger partial charge in [-0.15, -0.1) is 0 Å². The molecule has 3 N–H and O–H groups in total. The first-order valence-corrected chi connectivity index (χ1v) is 14.7. The average Bonchev–Trinajstić information content (AvgIpc) is 3.73. The number of halogens is 1. The predicted molar refractivity (Wildman–Crippen MR) is 157 cm³/mol. The third-order valence-corrected chi connectivity index (χ3v) is 8.52. The lowest BCUT2D eigenvalue weighted by atomic mass is 9.80. The van der Waals surface area contributed by atoms with Crippen molar-refractivity contribution in [3.63, 3.8) is 0 Å². The van der Waals surface area contributed by atoms with E-state index in [1.165, 1.54) is 19.2 Å². The lowest BCUT2D eigenvalue weighted by Crippen LogP contribution is -2.49. The summed E-state index contributed by atoms with van der Waals surface area (Å²) in [5.41, 5.74) is -0.539. The van der Waals surface area contributed by atoms with E-state index < -0.39 is 22.7 Å². The van der Waals surface area contributed by atoms with Crippen molar-refractivity contribution in [1.29, 1.82) is 0 Å². The zero-order valence-corrected chi connectivity index (χ0v) is 24.5. The summed E-state index contributed by atoms with van der Waals surface area (Å²) in [6.45, 7) is 3.28. The Balaban J connectivity index is 1.29. The minimum Gasteiger partial charge on any atom is -0.493 e. The van der Waals surface area contributed by atoms with Crippen LogP contribution >= 0.6 is 0 Å². The molecule has 0 spiro atoms.